The molecule has 0 fully saturated rings. The van der Waals surface area contributed by atoms with Gasteiger partial charge in [0, 0.05) is 18.6 Å². The Morgan fingerprint density at radius 2 is 2.05 bits per heavy atom. The van der Waals surface area contributed by atoms with Gasteiger partial charge in [-0.1, -0.05) is 11.8 Å². The second-order valence-electron chi connectivity index (χ2n) is 4.03. The first-order valence-electron chi connectivity index (χ1n) is 5.98. The van der Waals surface area contributed by atoms with Crippen LogP contribution < -0.4 is 5.32 Å². The molecule has 5 nitrogen and oxygen atoms in total. The van der Waals surface area contributed by atoms with E-state index in [9.17, 15) is 4.79 Å². The van der Waals surface area contributed by atoms with Gasteiger partial charge >= 0.3 is 0 Å². The van der Waals surface area contributed by atoms with Crippen LogP contribution in [0.1, 0.15) is 21.5 Å². The van der Waals surface area contributed by atoms with Crippen LogP contribution in [0.25, 0.3) is 0 Å². The van der Waals surface area contributed by atoms with E-state index in [1.807, 2.05) is 13.0 Å². The van der Waals surface area contributed by atoms with E-state index in [1.54, 1.807) is 18.5 Å². The summed E-state index contributed by atoms with van der Waals surface area (Å²) in [6.45, 7) is 1.62. The lowest BCUT2D eigenvalue weighted by Gasteiger charge is -2.08. The van der Waals surface area contributed by atoms with E-state index in [-0.39, 0.29) is 12.5 Å². The van der Waals surface area contributed by atoms with E-state index in [2.05, 4.69) is 27.1 Å². The molecule has 0 aromatic carbocycles. The van der Waals surface area contributed by atoms with Crippen molar-refractivity contribution in [3.05, 3.63) is 53.6 Å². The van der Waals surface area contributed by atoms with Crippen LogP contribution in [0.4, 0.5) is 5.69 Å². The second kappa shape index (κ2) is 6.45. The maximum atomic E-state index is 12.3. The maximum Gasteiger partial charge on any atom is 0.257 e. The highest BCUT2D eigenvalue weighted by atomic mass is 16.2. The number of hydrogen-bond donors (Lipinski definition) is 2. The third kappa shape index (κ3) is 3.19. The molecule has 0 atom stereocenters. The summed E-state index contributed by atoms with van der Waals surface area (Å²) < 4.78 is 0. The first-order chi connectivity index (χ1) is 9.72. The highest BCUT2D eigenvalue weighted by Gasteiger charge is 2.11. The van der Waals surface area contributed by atoms with E-state index in [0.29, 0.717) is 16.8 Å². The van der Waals surface area contributed by atoms with E-state index < -0.39 is 0 Å². The molecular formula is C15H13N3O2. The van der Waals surface area contributed by atoms with Crippen LogP contribution in [-0.2, 0) is 0 Å². The molecule has 2 aromatic heterocycles. The van der Waals surface area contributed by atoms with Crippen LogP contribution in [0.15, 0.2) is 36.9 Å². The molecule has 5 heteroatoms. The van der Waals surface area contributed by atoms with Crippen molar-refractivity contribution in [1.82, 2.24) is 9.97 Å². The Balaban J connectivity index is 2.28. The van der Waals surface area contributed by atoms with E-state index in [0.717, 1.165) is 5.56 Å². The molecule has 2 N–H and O–H groups in total. The number of aliphatic hydroxyl groups excluding tert-OH is 1. The molecule has 20 heavy (non-hydrogen) atoms. The number of rotatable bonds is 2. The van der Waals surface area contributed by atoms with Gasteiger partial charge < -0.3 is 10.4 Å². The zero-order valence-corrected chi connectivity index (χ0v) is 10.9. The summed E-state index contributed by atoms with van der Waals surface area (Å²) in [7, 11) is 0. The Morgan fingerprint density at radius 3 is 2.80 bits per heavy atom. The van der Waals surface area contributed by atoms with E-state index in [1.165, 1.54) is 12.4 Å². The van der Waals surface area contributed by atoms with Crippen molar-refractivity contribution in [3.63, 3.8) is 0 Å². The van der Waals surface area contributed by atoms with Gasteiger partial charge in [0.25, 0.3) is 5.91 Å². The highest BCUT2D eigenvalue weighted by Crippen LogP contribution is 2.14. The lowest BCUT2D eigenvalue weighted by atomic mass is 10.1. The Morgan fingerprint density at radius 1 is 1.30 bits per heavy atom. The molecule has 0 saturated heterocycles. The minimum Gasteiger partial charge on any atom is -0.384 e. The third-order valence-electron chi connectivity index (χ3n) is 2.66. The monoisotopic (exact) mass is 267 g/mol. The van der Waals surface area contributed by atoms with Gasteiger partial charge in [0.2, 0.25) is 0 Å². The highest BCUT2D eigenvalue weighted by molar-refractivity contribution is 6.06. The minimum atomic E-state index is -0.286. The molecule has 2 heterocycles. The number of nitrogens with zero attached hydrogens (tertiary/aromatic N) is 2. The zero-order chi connectivity index (χ0) is 14.4. The van der Waals surface area contributed by atoms with Crippen LogP contribution in [0.3, 0.4) is 0 Å². The van der Waals surface area contributed by atoms with Gasteiger partial charge in [0.05, 0.1) is 23.0 Å². The van der Waals surface area contributed by atoms with Crippen LogP contribution in [-0.4, -0.2) is 27.6 Å². The molecule has 1 amide bonds. The summed E-state index contributed by atoms with van der Waals surface area (Å²) in [4.78, 5) is 20.2. The average molecular weight is 267 g/mol. The van der Waals surface area contributed by atoms with Crippen molar-refractivity contribution in [1.29, 1.82) is 0 Å². The SMILES string of the molecule is Cc1ccncc1NC(=O)c1ccncc1C#CCO. The topological polar surface area (TPSA) is 75.1 Å². The van der Waals surface area contributed by atoms with Gasteiger partial charge in [-0.2, -0.15) is 0 Å². The summed E-state index contributed by atoms with van der Waals surface area (Å²) >= 11 is 0. The van der Waals surface area contributed by atoms with Gasteiger partial charge in [-0.3, -0.25) is 14.8 Å². The van der Waals surface area contributed by atoms with Crippen molar-refractivity contribution in [3.8, 4) is 11.8 Å². The largest absolute Gasteiger partial charge is 0.384 e. The molecule has 0 saturated carbocycles. The summed E-state index contributed by atoms with van der Waals surface area (Å²) in [5.74, 6) is 4.93. The summed E-state index contributed by atoms with van der Waals surface area (Å²) in [5, 5.41) is 11.5. The molecule has 0 bridgehead atoms. The average Bonchev–Trinajstić information content (AvgIpc) is 2.47. The third-order valence-corrected chi connectivity index (χ3v) is 2.66. The van der Waals surface area contributed by atoms with E-state index >= 15 is 0 Å². The molecule has 0 unspecified atom stereocenters. The van der Waals surface area contributed by atoms with Crippen LogP contribution >= 0.6 is 0 Å². The minimum absolute atomic E-state index is 0.266. The number of nitrogens with one attached hydrogen (secondary N) is 1. The standard InChI is InChI=1S/C15H13N3O2/c1-11-4-6-17-10-14(11)18-15(20)13-5-7-16-9-12(13)3-2-8-19/h4-7,9-10,19H,8H2,1H3,(H,18,20). The molecule has 0 radical (unpaired) electrons. The van der Waals surface area contributed by atoms with Crippen LogP contribution in [0, 0.1) is 18.8 Å². The smallest absolute Gasteiger partial charge is 0.257 e. The number of carbonyl (C=O) groups excluding carboxylic acids is 1. The molecule has 100 valence electrons. The molecule has 0 aliphatic rings. The number of aliphatic hydroxyl groups is 1. The number of pyridine rings is 2. The zero-order valence-electron chi connectivity index (χ0n) is 10.9. The molecule has 2 rings (SSSR count). The lowest BCUT2D eigenvalue weighted by molar-refractivity contribution is 0.102. The molecular weight excluding hydrogens is 254 g/mol. The fourth-order valence-corrected chi connectivity index (χ4v) is 1.61. The fourth-order valence-electron chi connectivity index (χ4n) is 1.61. The normalized spacial score (nSPS) is 9.50. The first kappa shape index (κ1) is 13.7. The van der Waals surface area contributed by atoms with Gasteiger partial charge in [-0.15, -0.1) is 0 Å². The molecule has 0 aliphatic heterocycles. The van der Waals surface area contributed by atoms with E-state index in [4.69, 9.17) is 5.11 Å². The predicted molar refractivity (Wildman–Crippen MR) is 75.1 cm³/mol. The first-order valence-corrected chi connectivity index (χ1v) is 5.98. The number of aryl methyl sites for hydroxylation is 1. The summed E-state index contributed by atoms with van der Waals surface area (Å²) in [5.41, 5.74) is 2.45. The quantitative estimate of drug-likeness (QED) is 0.806. The Labute approximate surface area is 116 Å². The Bertz CT molecular complexity index is 687. The number of aromatic nitrogens is 2. The predicted octanol–water partition coefficient (Wildman–Crippen LogP) is 1.38. The maximum absolute atomic E-state index is 12.3. The van der Waals surface area contributed by atoms with Gasteiger partial charge in [-0.05, 0) is 24.6 Å². The van der Waals surface area contributed by atoms with Gasteiger partial charge in [0.1, 0.15) is 6.61 Å². The number of anilines is 1. The number of hydrogen-bond acceptors (Lipinski definition) is 4. The van der Waals surface area contributed by atoms with Crippen molar-refractivity contribution in [2.45, 2.75) is 6.92 Å². The lowest BCUT2D eigenvalue weighted by Crippen LogP contribution is -2.14. The molecule has 0 aliphatic carbocycles. The van der Waals surface area contributed by atoms with Gasteiger partial charge in [-0.25, -0.2) is 0 Å². The van der Waals surface area contributed by atoms with Crippen molar-refractivity contribution < 1.29 is 9.90 Å². The van der Waals surface area contributed by atoms with Crippen molar-refractivity contribution in [2.75, 3.05) is 11.9 Å². The molecule has 2 aromatic rings. The van der Waals surface area contributed by atoms with Crippen LogP contribution in [0.5, 0.6) is 0 Å². The molecule has 0 spiro atoms. The fraction of sp³-hybridized carbons (Fsp3) is 0.133. The van der Waals surface area contributed by atoms with Gasteiger partial charge in [0.15, 0.2) is 0 Å². The Hall–Kier alpha value is -2.71. The summed E-state index contributed by atoms with van der Waals surface area (Å²) in [6.07, 6.45) is 6.27. The summed E-state index contributed by atoms with van der Waals surface area (Å²) in [6, 6.07) is 3.40. The number of carbonyl (C=O) groups is 1. The van der Waals surface area contributed by atoms with Crippen LogP contribution in [0.2, 0.25) is 0 Å². The van der Waals surface area contributed by atoms with Crippen molar-refractivity contribution in [2.24, 2.45) is 0 Å². The number of amides is 1. The Kier molecular flexibility index (Phi) is 4.43. The van der Waals surface area contributed by atoms with Crippen molar-refractivity contribution >= 4 is 11.6 Å². The second-order valence-corrected chi connectivity index (χ2v) is 4.03.